The van der Waals surface area contributed by atoms with Crippen molar-refractivity contribution in [3.05, 3.63) is 24.4 Å². The fourth-order valence-electron chi connectivity index (χ4n) is 2.89. The van der Waals surface area contributed by atoms with E-state index < -0.39 is 35.7 Å². The Morgan fingerprint density at radius 1 is 1.30 bits per heavy atom. The number of carboxylic acid groups (broad SMARTS) is 2. The van der Waals surface area contributed by atoms with Gasteiger partial charge in [0.05, 0.1) is 12.3 Å². The molecule has 8 nitrogen and oxygen atoms in total. The highest BCUT2D eigenvalue weighted by atomic mass is 16.4. The van der Waals surface area contributed by atoms with E-state index in [1.54, 1.807) is 12.2 Å². The Bertz CT molecular complexity index is 663. The van der Waals surface area contributed by atoms with E-state index in [0.717, 1.165) is 0 Å². The van der Waals surface area contributed by atoms with E-state index in [1.165, 1.54) is 24.1 Å². The van der Waals surface area contributed by atoms with Crippen LogP contribution in [-0.2, 0) is 19.2 Å². The molecule has 2 atom stereocenters. The summed E-state index contributed by atoms with van der Waals surface area (Å²) in [6.45, 7) is 1.33. The van der Waals surface area contributed by atoms with Gasteiger partial charge in [0.25, 0.3) is 5.91 Å². The molecule has 23 heavy (non-hydrogen) atoms. The molecule has 2 heterocycles. The summed E-state index contributed by atoms with van der Waals surface area (Å²) in [6.07, 6.45) is 5.35. The average Bonchev–Trinajstić information content (AvgIpc) is 2.75. The number of nitrogens with zero attached hydrogens (tertiary/aromatic N) is 2. The molecule has 0 bridgehead atoms. The summed E-state index contributed by atoms with van der Waals surface area (Å²) in [5, 5.41) is 18.5. The quantitative estimate of drug-likeness (QED) is 0.703. The van der Waals surface area contributed by atoms with Crippen molar-refractivity contribution in [3.8, 4) is 0 Å². The van der Waals surface area contributed by atoms with Crippen LogP contribution in [0.2, 0.25) is 0 Å². The van der Waals surface area contributed by atoms with E-state index in [4.69, 9.17) is 5.11 Å². The molecule has 0 saturated heterocycles. The maximum Gasteiger partial charge on any atom is 0.310 e. The van der Waals surface area contributed by atoms with E-state index in [0.29, 0.717) is 0 Å². The summed E-state index contributed by atoms with van der Waals surface area (Å²) in [6, 6.07) is 0. The summed E-state index contributed by atoms with van der Waals surface area (Å²) >= 11 is 0. The lowest BCUT2D eigenvalue weighted by molar-refractivity contribution is -0.156. The Balaban J connectivity index is 2.52. The number of amides is 1. The number of allylic oxidation sites excluding steroid dienone is 2. The Kier molecular flexibility index (Phi) is 4.44. The molecule has 0 aromatic carbocycles. The number of hydrogen-bond acceptors (Lipinski definition) is 5. The van der Waals surface area contributed by atoms with Crippen LogP contribution in [0.5, 0.6) is 0 Å². The zero-order valence-electron chi connectivity index (χ0n) is 12.4. The molecular weight excluding hydrogens is 304 g/mol. The van der Waals surface area contributed by atoms with E-state index in [9.17, 15) is 24.3 Å². The first-order chi connectivity index (χ1) is 10.8. The molecule has 2 aliphatic rings. The van der Waals surface area contributed by atoms with Crippen molar-refractivity contribution < 1.29 is 29.4 Å². The van der Waals surface area contributed by atoms with Crippen LogP contribution in [0.25, 0.3) is 0 Å². The highest BCUT2D eigenvalue weighted by molar-refractivity contribution is 6.13. The van der Waals surface area contributed by atoms with Gasteiger partial charge in [-0.3, -0.25) is 14.4 Å². The number of aliphatic imine (C=N–C) groups is 1. The molecule has 8 heteroatoms. The van der Waals surface area contributed by atoms with Crippen molar-refractivity contribution in [2.75, 3.05) is 0 Å². The lowest BCUT2D eigenvalue weighted by Crippen LogP contribution is -2.57. The molecule has 1 amide bonds. The molecule has 2 aliphatic heterocycles. The van der Waals surface area contributed by atoms with E-state index in [-0.39, 0.29) is 24.5 Å². The predicted molar refractivity (Wildman–Crippen MR) is 78.6 cm³/mol. The van der Waals surface area contributed by atoms with Crippen LogP contribution in [0.3, 0.4) is 0 Å². The lowest BCUT2D eigenvalue weighted by atomic mass is 9.76. The Morgan fingerprint density at radius 3 is 2.57 bits per heavy atom. The minimum Gasteiger partial charge on any atom is -0.481 e. The highest BCUT2D eigenvalue weighted by Gasteiger charge is 2.57. The van der Waals surface area contributed by atoms with Gasteiger partial charge in [0.2, 0.25) is 0 Å². The van der Waals surface area contributed by atoms with E-state index in [1.807, 2.05) is 0 Å². The number of carbonyl (C=O) groups is 4. The first kappa shape index (κ1) is 16.6. The number of carboxylic acids is 2. The van der Waals surface area contributed by atoms with Gasteiger partial charge in [0.15, 0.2) is 0 Å². The van der Waals surface area contributed by atoms with Crippen molar-refractivity contribution in [1.29, 1.82) is 0 Å². The molecule has 0 fully saturated rings. The second kappa shape index (κ2) is 6.15. The normalized spacial score (nSPS) is 23.4. The van der Waals surface area contributed by atoms with Crippen LogP contribution in [0, 0.1) is 5.92 Å². The smallest absolute Gasteiger partial charge is 0.310 e. The minimum absolute atomic E-state index is 0.0496. The van der Waals surface area contributed by atoms with Gasteiger partial charge in [-0.2, -0.15) is 4.99 Å². The zero-order valence-corrected chi connectivity index (χ0v) is 12.4. The third kappa shape index (κ3) is 2.92. The molecule has 122 valence electrons. The predicted octanol–water partition coefficient (Wildman–Crippen LogP) is 0.594. The second-order valence-electron chi connectivity index (χ2n) is 5.46. The third-order valence-electron chi connectivity index (χ3n) is 3.97. The minimum atomic E-state index is -1.70. The first-order valence-electron chi connectivity index (χ1n) is 7.00. The van der Waals surface area contributed by atoms with Crippen LogP contribution in [0.1, 0.15) is 26.2 Å². The Hall–Kier alpha value is -2.77. The van der Waals surface area contributed by atoms with Gasteiger partial charge in [0, 0.05) is 12.6 Å². The van der Waals surface area contributed by atoms with Gasteiger partial charge in [-0.15, -0.1) is 0 Å². The van der Waals surface area contributed by atoms with Crippen LogP contribution >= 0.6 is 0 Å². The monoisotopic (exact) mass is 320 g/mol. The van der Waals surface area contributed by atoms with Gasteiger partial charge < -0.3 is 19.9 Å². The molecular formula is C15H16N2O6. The molecule has 0 saturated carbocycles. The van der Waals surface area contributed by atoms with Gasteiger partial charge >= 0.3 is 11.9 Å². The number of ketones is 1. The Labute approximate surface area is 131 Å². The van der Waals surface area contributed by atoms with Gasteiger partial charge in [-0.1, -0.05) is 6.08 Å². The van der Waals surface area contributed by atoms with Gasteiger partial charge in [-0.05, 0) is 25.5 Å². The fraction of sp³-hybridized carbons (Fsp3) is 0.400. The summed E-state index contributed by atoms with van der Waals surface area (Å²) in [7, 11) is 0. The molecule has 2 unspecified atom stereocenters. The molecule has 0 radical (unpaired) electrons. The number of rotatable bonds is 7. The maximum atomic E-state index is 12.5. The lowest BCUT2D eigenvalue weighted by Gasteiger charge is -2.40. The molecule has 0 aliphatic carbocycles. The number of aliphatic carboxylic acids is 2. The number of Topliss-reactive ketones (excluding diaryl/α,β-unsaturated/α-hetero) is 1. The zero-order chi connectivity index (χ0) is 17.2. The van der Waals surface area contributed by atoms with E-state index in [2.05, 4.69) is 4.99 Å². The van der Waals surface area contributed by atoms with Crippen LogP contribution < -0.4 is 0 Å². The summed E-state index contributed by atoms with van der Waals surface area (Å²) in [5.41, 5.74) is -1.70. The fourth-order valence-corrected chi connectivity index (χ4v) is 2.89. The molecule has 0 aromatic heterocycles. The molecule has 2 N–H and O–H groups in total. The molecule has 2 rings (SSSR count). The van der Waals surface area contributed by atoms with Gasteiger partial charge in [-0.25, -0.2) is 0 Å². The number of amidine groups is 1. The van der Waals surface area contributed by atoms with Crippen molar-refractivity contribution in [3.63, 3.8) is 0 Å². The van der Waals surface area contributed by atoms with Crippen molar-refractivity contribution in [1.82, 2.24) is 4.90 Å². The number of carbonyl (C=O) groups excluding carboxylic acids is 2. The number of fused-ring (bicyclic) bond motifs is 1. The highest BCUT2D eigenvalue weighted by Crippen LogP contribution is 2.40. The van der Waals surface area contributed by atoms with Crippen molar-refractivity contribution >= 4 is 29.5 Å². The summed E-state index contributed by atoms with van der Waals surface area (Å²) in [5.74, 6) is -4.98. The van der Waals surface area contributed by atoms with Crippen molar-refractivity contribution in [2.24, 2.45) is 10.9 Å². The molecule has 0 spiro atoms. The largest absolute Gasteiger partial charge is 0.481 e. The third-order valence-corrected chi connectivity index (χ3v) is 3.97. The van der Waals surface area contributed by atoms with Crippen LogP contribution in [0.4, 0.5) is 0 Å². The van der Waals surface area contributed by atoms with Crippen molar-refractivity contribution in [2.45, 2.75) is 31.7 Å². The summed E-state index contributed by atoms with van der Waals surface area (Å²) in [4.78, 5) is 51.9. The van der Waals surface area contributed by atoms with Gasteiger partial charge in [0.1, 0.15) is 17.2 Å². The Morgan fingerprint density at radius 2 is 2.00 bits per heavy atom. The SMILES string of the molecule is CC(=O)CCC1(C(CC(=O)O)C(=O)O)C(=O)N=C2C=CC=CN21. The standard InChI is InChI=1S/C15H16N2O6/c1-9(18)5-6-15(10(13(21)22)8-12(19)20)14(23)16-11-4-2-3-7-17(11)15/h2-4,7,10H,5-6,8H2,1H3,(H,19,20)(H,21,22). The topological polar surface area (TPSA) is 124 Å². The van der Waals surface area contributed by atoms with Crippen LogP contribution in [-0.4, -0.2) is 50.1 Å². The average molecular weight is 320 g/mol. The van der Waals surface area contributed by atoms with E-state index >= 15 is 0 Å². The second-order valence-corrected chi connectivity index (χ2v) is 5.46. The van der Waals surface area contributed by atoms with Crippen LogP contribution in [0.15, 0.2) is 29.4 Å². The first-order valence-corrected chi connectivity index (χ1v) is 7.00. The number of hydrogen-bond donors (Lipinski definition) is 2. The summed E-state index contributed by atoms with van der Waals surface area (Å²) < 4.78 is 0. The molecule has 0 aromatic rings. The maximum absolute atomic E-state index is 12.5.